The lowest BCUT2D eigenvalue weighted by atomic mass is 9.79. The highest BCUT2D eigenvalue weighted by atomic mass is 16.8. The van der Waals surface area contributed by atoms with Crippen molar-refractivity contribution in [1.82, 2.24) is 10.3 Å². The Morgan fingerprint density at radius 2 is 1.88 bits per heavy atom. The summed E-state index contributed by atoms with van der Waals surface area (Å²) in [6, 6.07) is 7.56. The zero-order valence-electron chi connectivity index (χ0n) is 18.9. The van der Waals surface area contributed by atoms with Gasteiger partial charge in [-0.3, -0.25) is 4.98 Å². The zero-order chi connectivity index (χ0) is 22.9. The van der Waals surface area contributed by atoms with Gasteiger partial charge in [0, 0.05) is 29.1 Å². The van der Waals surface area contributed by atoms with Crippen LogP contribution in [0.5, 0.6) is 5.75 Å². The minimum Gasteiger partial charge on any atom is -0.497 e. The number of pyridine rings is 1. The van der Waals surface area contributed by atoms with Crippen molar-refractivity contribution in [3.63, 3.8) is 0 Å². The second-order valence-corrected chi connectivity index (χ2v) is 9.41. The van der Waals surface area contributed by atoms with Crippen molar-refractivity contribution in [2.24, 2.45) is 5.92 Å². The predicted molar refractivity (Wildman–Crippen MR) is 118 cm³/mol. The van der Waals surface area contributed by atoms with Crippen molar-refractivity contribution in [2.45, 2.75) is 70.3 Å². The van der Waals surface area contributed by atoms with Crippen LogP contribution < -0.4 is 10.1 Å². The van der Waals surface area contributed by atoms with Gasteiger partial charge in [-0.05, 0) is 70.7 Å². The van der Waals surface area contributed by atoms with Crippen LogP contribution in [-0.2, 0) is 14.2 Å². The summed E-state index contributed by atoms with van der Waals surface area (Å²) in [7, 11) is 1.61. The molecule has 1 amide bonds. The van der Waals surface area contributed by atoms with Crippen molar-refractivity contribution in [3.8, 4) is 5.75 Å². The average molecular weight is 443 g/mol. The molecule has 2 heterocycles. The molecular weight excluding hydrogens is 412 g/mol. The number of amides is 1. The fraction of sp³-hybridized carbons (Fsp3) is 0.542. The summed E-state index contributed by atoms with van der Waals surface area (Å²) >= 11 is 0. The summed E-state index contributed by atoms with van der Waals surface area (Å²) in [5.74, 6) is 0.847. The Labute approximate surface area is 187 Å². The lowest BCUT2D eigenvalue weighted by Gasteiger charge is -2.33. The maximum Gasteiger partial charge on any atom is 0.509 e. The highest BCUT2D eigenvalue weighted by molar-refractivity contribution is 5.84. The van der Waals surface area contributed by atoms with E-state index in [1.54, 1.807) is 13.3 Å². The molecule has 1 N–H and O–H groups in total. The third kappa shape index (κ3) is 4.89. The first-order valence-corrected chi connectivity index (χ1v) is 11.0. The van der Waals surface area contributed by atoms with Crippen molar-refractivity contribution in [2.75, 3.05) is 7.11 Å². The molecule has 0 radical (unpaired) electrons. The number of cyclic esters (lactones) is 2. The number of nitrogens with zero attached hydrogens (tertiary/aromatic N) is 1. The lowest BCUT2D eigenvalue weighted by molar-refractivity contribution is 0.0436. The van der Waals surface area contributed by atoms with E-state index >= 15 is 0 Å². The Morgan fingerprint density at radius 3 is 2.56 bits per heavy atom. The Hall–Kier alpha value is -3.03. The van der Waals surface area contributed by atoms with Gasteiger partial charge in [-0.2, -0.15) is 0 Å². The molecule has 8 heteroatoms. The molecule has 2 unspecified atom stereocenters. The maximum atomic E-state index is 12.1. The average Bonchev–Trinajstić information content (AvgIpc) is 3.13. The Morgan fingerprint density at radius 1 is 1.12 bits per heavy atom. The van der Waals surface area contributed by atoms with E-state index in [0.717, 1.165) is 42.1 Å². The van der Waals surface area contributed by atoms with Crippen molar-refractivity contribution in [3.05, 3.63) is 36.0 Å². The van der Waals surface area contributed by atoms with Crippen molar-refractivity contribution < 1.29 is 28.5 Å². The third-order valence-corrected chi connectivity index (χ3v) is 6.00. The fourth-order valence-electron chi connectivity index (χ4n) is 4.54. The minimum absolute atomic E-state index is 0.0450. The van der Waals surface area contributed by atoms with Gasteiger partial charge in [-0.25, -0.2) is 9.59 Å². The molecule has 8 nitrogen and oxygen atoms in total. The van der Waals surface area contributed by atoms with E-state index in [2.05, 4.69) is 10.3 Å². The van der Waals surface area contributed by atoms with Crippen LogP contribution in [0, 0.1) is 5.92 Å². The van der Waals surface area contributed by atoms with E-state index < -0.39 is 24.0 Å². The zero-order valence-corrected chi connectivity index (χ0v) is 18.9. The van der Waals surface area contributed by atoms with Crippen LogP contribution in [0.3, 0.4) is 0 Å². The molecule has 1 aromatic heterocycles. The monoisotopic (exact) mass is 442 g/mol. The van der Waals surface area contributed by atoms with Crippen LogP contribution >= 0.6 is 0 Å². The normalized spacial score (nSPS) is 25.7. The number of rotatable bonds is 4. The second-order valence-electron chi connectivity index (χ2n) is 9.41. The molecule has 2 aliphatic rings. The fourth-order valence-corrected chi connectivity index (χ4v) is 4.54. The van der Waals surface area contributed by atoms with Crippen LogP contribution in [0.25, 0.3) is 10.9 Å². The molecule has 2 fully saturated rings. The largest absolute Gasteiger partial charge is 0.509 e. The maximum absolute atomic E-state index is 12.1. The van der Waals surface area contributed by atoms with Gasteiger partial charge in [0.05, 0.1) is 12.6 Å². The summed E-state index contributed by atoms with van der Waals surface area (Å²) < 4.78 is 22.0. The number of alkyl carbamates (subject to hydrolysis) is 1. The summed E-state index contributed by atoms with van der Waals surface area (Å²) in [5.41, 5.74) is 1.13. The van der Waals surface area contributed by atoms with E-state index in [1.165, 1.54) is 0 Å². The van der Waals surface area contributed by atoms with Crippen LogP contribution in [0.1, 0.15) is 58.1 Å². The molecule has 4 rings (SSSR count). The van der Waals surface area contributed by atoms with Crippen LogP contribution in [0.2, 0.25) is 0 Å². The molecule has 2 atom stereocenters. The second kappa shape index (κ2) is 8.84. The van der Waals surface area contributed by atoms with Crippen LogP contribution in [-0.4, -0.2) is 42.1 Å². The molecule has 32 heavy (non-hydrogen) atoms. The number of nitrogens with one attached hydrogen (secondary N) is 1. The molecule has 1 aliphatic heterocycles. The topological polar surface area (TPSA) is 96.0 Å². The number of benzene rings is 1. The smallest absolute Gasteiger partial charge is 0.497 e. The number of aromatic nitrogens is 1. The number of methoxy groups -OCH3 is 1. The first-order valence-electron chi connectivity index (χ1n) is 11.0. The summed E-state index contributed by atoms with van der Waals surface area (Å²) in [4.78, 5) is 28.6. The molecule has 1 aromatic carbocycles. The molecule has 0 bridgehead atoms. The lowest BCUT2D eigenvalue weighted by Crippen LogP contribution is -2.42. The molecule has 1 saturated heterocycles. The number of carbonyl (C=O) groups is 2. The standard InChI is InChI=1S/C24H30N2O6/c1-24(2,3)32-22(27)26-15-7-5-14(6-8-15)20-21(31-23(28)30-20)17-11-12-25-19-10-9-16(29-4)13-18(17)19/h9-15,20-21H,5-8H2,1-4H3,(H,26,27). The third-order valence-electron chi connectivity index (χ3n) is 6.00. The number of hydrogen-bond acceptors (Lipinski definition) is 7. The Kier molecular flexibility index (Phi) is 6.13. The van der Waals surface area contributed by atoms with Crippen molar-refractivity contribution >= 4 is 23.2 Å². The number of hydrogen-bond donors (Lipinski definition) is 1. The van der Waals surface area contributed by atoms with Gasteiger partial charge in [0.25, 0.3) is 0 Å². The molecule has 1 aliphatic carbocycles. The van der Waals surface area contributed by atoms with Gasteiger partial charge in [-0.1, -0.05) is 0 Å². The van der Waals surface area contributed by atoms with Gasteiger partial charge >= 0.3 is 12.2 Å². The van der Waals surface area contributed by atoms with Crippen LogP contribution in [0.15, 0.2) is 30.5 Å². The quantitative estimate of drug-likeness (QED) is 0.673. The number of carbonyl (C=O) groups excluding carboxylic acids is 2. The molecule has 1 saturated carbocycles. The number of fused-ring (bicyclic) bond motifs is 1. The van der Waals surface area contributed by atoms with E-state index in [-0.39, 0.29) is 18.1 Å². The SMILES string of the molecule is COc1ccc2nccc(C3OC(=O)OC3C3CCC(NC(=O)OC(C)(C)C)CC3)c2c1. The Bertz CT molecular complexity index is 994. The van der Waals surface area contributed by atoms with Crippen molar-refractivity contribution in [1.29, 1.82) is 0 Å². The summed E-state index contributed by atoms with van der Waals surface area (Å²) in [6.45, 7) is 5.53. The van der Waals surface area contributed by atoms with Gasteiger partial charge in [0.1, 0.15) is 17.5 Å². The molecule has 0 spiro atoms. The van der Waals surface area contributed by atoms with Gasteiger partial charge in [-0.15, -0.1) is 0 Å². The van der Waals surface area contributed by atoms with E-state index in [4.69, 9.17) is 18.9 Å². The first-order chi connectivity index (χ1) is 15.2. The van der Waals surface area contributed by atoms with Gasteiger partial charge in [0.15, 0.2) is 6.10 Å². The van der Waals surface area contributed by atoms with Gasteiger partial charge in [0.2, 0.25) is 0 Å². The highest BCUT2D eigenvalue weighted by Gasteiger charge is 2.44. The predicted octanol–water partition coefficient (Wildman–Crippen LogP) is 4.90. The Balaban J connectivity index is 1.47. The molecule has 2 aromatic rings. The minimum atomic E-state index is -0.651. The molecule has 172 valence electrons. The summed E-state index contributed by atoms with van der Waals surface area (Å²) in [6.07, 6.45) is 2.96. The summed E-state index contributed by atoms with van der Waals surface area (Å²) in [5, 5.41) is 3.83. The van der Waals surface area contributed by atoms with Gasteiger partial charge < -0.3 is 24.3 Å². The van der Waals surface area contributed by atoms with E-state index in [9.17, 15) is 9.59 Å². The van der Waals surface area contributed by atoms with Crippen LogP contribution in [0.4, 0.5) is 9.59 Å². The number of ether oxygens (including phenoxy) is 4. The van der Waals surface area contributed by atoms with E-state index in [1.807, 2.05) is 45.0 Å². The molecular formula is C24H30N2O6. The van der Waals surface area contributed by atoms with E-state index in [0.29, 0.717) is 5.75 Å². The first kappa shape index (κ1) is 22.2. The highest BCUT2D eigenvalue weighted by Crippen LogP contribution is 2.42.